The van der Waals surface area contributed by atoms with Crippen LogP contribution in [0.3, 0.4) is 0 Å². The summed E-state index contributed by atoms with van der Waals surface area (Å²) in [5.41, 5.74) is 4.07. The van der Waals surface area contributed by atoms with Crippen molar-refractivity contribution in [2.75, 3.05) is 45.5 Å². The summed E-state index contributed by atoms with van der Waals surface area (Å²) in [6.07, 6.45) is 5.89. The Morgan fingerprint density at radius 3 is 3.00 bits per heavy atom. The number of nitrogens with one attached hydrogen (secondary N) is 1. The standard InChI is InChI=1S/C23H26N4O5/c1-27-12-17(16-9-21(25-14-28)24-11-19(16)27)18-10-20(31-8-7-29-2)15-3-5-32-23(22(15)26-18)4-6-30-13-23/h9-12,14H,3-8,13H2,1-2H3,(H,24,25,28). The number of methoxy groups -OCH3 is 1. The Bertz CT molecular complexity index is 1150. The van der Waals surface area contributed by atoms with Crippen LogP contribution in [-0.2, 0) is 38.1 Å². The first-order valence-corrected chi connectivity index (χ1v) is 10.7. The highest BCUT2D eigenvalue weighted by molar-refractivity contribution is 5.97. The number of hydrogen-bond donors (Lipinski definition) is 1. The molecule has 0 saturated carbocycles. The zero-order chi connectivity index (χ0) is 22.1. The van der Waals surface area contributed by atoms with Crippen LogP contribution < -0.4 is 10.1 Å². The quantitative estimate of drug-likeness (QED) is 0.447. The summed E-state index contributed by atoms with van der Waals surface area (Å²) in [7, 11) is 3.62. The maximum atomic E-state index is 10.9. The molecule has 5 heterocycles. The van der Waals surface area contributed by atoms with E-state index in [2.05, 4.69) is 10.3 Å². The molecule has 1 amide bonds. The Morgan fingerprint density at radius 1 is 1.31 bits per heavy atom. The van der Waals surface area contributed by atoms with Crippen molar-refractivity contribution in [3.05, 3.63) is 35.8 Å². The Morgan fingerprint density at radius 2 is 2.22 bits per heavy atom. The molecule has 1 fully saturated rings. The molecule has 168 valence electrons. The first kappa shape index (κ1) is 20.9. The summed E-state index contributed by atoms with van der Waals surface area (Å²) in [5.74, 6) is 1.28. The van der Waals surface area contributed by atoms with Gasteiger partial charge in [-0.05, 0) is 6.07 Å². The Balaban J connectivity index is 1.68. The molecular weight excluding hydrogens is 412 g/mol. The average Bonchev–Trinajstić information content (AvgIpc) is 3.40. The van der Waals surface area contributed by atoms with Gasteiger partial charge in [0.1, 0.15) is 23.8 Å². The smallest absolute Gasteiger partial charge is 0.212 e. The summed E-state index contributed by atoms with van der Waals surface area (Å²) >= 11 is 0. The molecule has 0 radical (unpaired) electrons. The molecular formula is C23H26N4O5. The molecule has 0 aromatic carbocycles. The molecule has 9 heteroatoms. The number of carbonyl (C=O) groups excluding carboxylic acids is 1. The third-order valence-corrected chi connectivity index (χ3v) is 6.13. The van der Waals surface area contributed by atoms with Gasteiger partial charge in [0.15, 0.2) is 0 Å². The lowest BCUT2D eigenvalue weighted by molar-refractivity contribution is -0.105. The minimum atomic E-state index is -0.542. The summed E-state index contributed by atoms with van der Waals surface area (Å²) < 4.78 is 25.3. The van der Waals surface area contributed by atoms with Gasteiger partial charge in [-0.25, -0.2) is 9.97 Å². The van der Waals surface area contributed by atoms with Crippen molar-refractivity contribution in [1.29, 1.82) is 0 Å². The predicted molar refractivity (Wildman–Crippen MR) is 118 cm³/mol. The SMILES string of the molecule is COCCOc1cc(-c2cn(C)c3cnc(NC=O)cc23)nc2c1CCOC21CCOC1. The number of pyridine rings is 2. The molecule has 1 atom stereocenters. The van der Waals surface area contributed by atoms with E-state index < -0.39 is 5.60 Å². The number of aryl methyl sites for hydroxylation is 1. The zero-order valence-electron chi connectivity index (χ0n) is 18.2. The lowest BCUT2D eigenvalue weighted by Gasteiger charge is -2.34. The Labute approximate surface area is 185 Å². The normalized spacial score (nSPS) is 19.9. The second-order valence-corrected chi connectivity index (χ2v) is 8.07. The van der Waals surface area contributed by atoms with Crippen molar-refractivity contribution < 1.29 is 23.7 Å². The largest absolute Gasteiger partial charge is 0.491 e. The van der Waals surface area contributed by atoms with Gasteiger partial charge in [-0.15, -0.1) is 0 Å². The van der Waals surface area contributed by atoms with Gasteiger partial charge in [-0.1, -0.05) is 0 Å². The van der Waals surface area contributed by atoms with Crippen LogP contribution in [-0.4, -0.2) is 61.1 Å². The summed E-state index contributed by atoms with van der Waals surface area (Å²) in [4.78, 5) is 20.3. The van der Waals surface area contributed by atoms with Gasteiger partial charge in [0.25, 0.3) is 0 Å². The van der Waals surface area contributed by atoms with Gasteiger partial charge in [-0.2, -0.15) is 0 Å². The number of ether oxygens (including phenoxy) is 4. The van der Waals surface area contributed by atoms with Crippen LogP contribution in [0, 0.1) is 0 Å². The van der Waals surface area contributed by atoms with E-state index in [1.54, 1.807) is 13.3 Å². The first-order chi connectivity index (χ1) is 15.6. The predicted octanol–water partition coefficient (Wildman–Crippen LogP) is 2.42. The van der Waals surface area contributed by atoms with Gasteiger partial charge in [0.05, 0.1) is 42.9 Å². The van der Waals surface area contributed by atoms with E-state index in [1.807, 2.05) is 29.9 Å². The molecule has 1 N–H and O–H groups in total. The van der Waals surface area contributed by atoms with Crippen LogP contribution in [0.15, 0.2) is 24.5 Å². The van der Waals surface area contributed by atoms with Crippen LogP contribution in [0.2, 0.25) is 0 Å². The molecule has 0 aliphatic carbocycles. The van der Waals surface area contributed by atoms with Crippen molar-refractivity contribution in [3.8, 4) is 17.0 Å². The fraction of sp³-hybridized carbons (Fsp3) is 0.435. The third kappa shape index (κ3) is 3.52. The van der Waals surface area contributed by atoms with E-state index in [4.69, 9.17) is 23.9 Å². The third-order valence-electron chi connectivity index (χ3n) is 6.13. The minimum Gasteiger partial charge on any atom is -0.491 e. The number of rotatable bonds is 7. The molecule has 1 unspecified atom stereocenters. The van der Waals surface area contributed by atoms with Crippen LogP contribution in [0.5, 0.6) is 5.75 Å². The number of carbonyl (C=O) groups is 1. The van der Waals surface area contributed by atoms with Gasteiger partial charge in [-0.3, -0.25) is 4.79 Å². The minimum absolute atomic E-state index is 0.448. The van der Waals surface area contributed by atoms with Crippen molar-refractivity contribution in [2.45, 2.75) is 18.4 Å². The summed E-state index contributed by atoms with van der Waals surface area (Å²) in [6, 6.07) is 3.85. The highest BCUT2D eigenvalue weighted by Crippen LogP contribution is 2.44. The fourth-order valence-electron chi connectivity index (χ4n) is 4.55. The lowest BCUT2D eigenvalue weighted by Crippen LogP contribution is -2.37. The first-order valence-electron chi connectivity index (χ1n) is 10.7. The van der Waals surface area contributed by atoms with Gasteiger partial charge in [0, 0.05) is 62.4 Å². The molecule has 1 saturated heterocycles. The topological polar surface area (TPSA) is 96.7 Å². The van der Waals surface area contributed by atoms with Gasteiger partial charge in [0.2, 0.25) is 6.41 Å². The molecule has 5 rings (SSSR count). The number of aromatic nitrogens is 3. The van der Waals surface area contributed by atoms with Crippen LogP contribution in [0.1, 0.15) is 17.7 Å². The molecule has 2 aliphatic heterocycles. The number of fused-ring (bicyclic) bond motifs is 3. The molecule has 1 spiro atoms. The van der Waals surface area contributed by atoms with Crippen molar-refractivity contribution >= 4 is 23.1 Å². The molecule has 3 aromatic rings. The van der Waals surface area contributed by atoms with E-state index in [0.29, 0.717) is 45.3 Å². The number of anilines is 1. The molecule has 2 aliphatic rings. The summed E-state index contributed by atoms with van der Waals surface area (Å²) in [5, 5.41) is 3.57. The molecule has 9 nitrogen and oxygen atoms in total. The number of nitrogens with zero attached hydrogens (tertiary/aromatic N) is 3. The van der Waals surface area contributed by atoms with Crippen LogP contribution in [0.4, 0.5) is 5.82 Å². The number of hydrogen-bond acceptors (Lipinski definition) is 7. The Kier molecular flexibility index (Phi) is 5.54. The highest BCUT2D eigenvalue weighted by Gasteiger charge is 2.44. The molecule has 3 aromatic heterocycles. The van der Waals surface area contributed by atoms with Gasteiger partial charge >= 0.3 is 0 Å². The summed E-state index contributed by atoms with van der Waals surface area (Å²) in [6.45, 7) is 2.69. The van der Waals surface area contributed by atoms with Crippen LogP contribution in [0.25, 0.3) is 22.2 Å². The van der Waals surface area contributed by atoms with Crippen LogP contribution >= 0.6 is 0 Å². The fourth-order valence-corrected chi connectivity index (χ4v) is 4.55. The highest BCUT2D eigenvalue weighted by atomic mass is 16.6. The second-order valence-electron chi connectivity index (χ2n) is 8.07. The van der Waals surface area contributed by atoms with E-state index in [1.165, 1.54) is 0 Å². The van der Waals surface area contributed by atoms with Crippen molar-refractivity contribution in [1.82, 2.24) is 14.5 Å². The monoisotopic (exact) mass is 438 g/mol. The maximum absolute atomic E-state index is 10.9. The van der Waals surface area contributed by atoms with E-state index in [-0.39, 0.29) is 0 Å². The second kappa shape index (κ2) is 8.50. The Hall–Kier alpha value is -3.01. The van der Waals surface area contributed by atoms with E-state index in [0.717, 1.165) is 52.0 Å². The molecule has 32 heavy (non-hydrogen) atoms. The number of amides is 1. The zero-order valence-corrected chi connectivity index (χ0v) is 18.2. The maximum Gasteiger partial charge on any atom is 0.212 e. The van der Waals surface area contributed by atoms with Crippen molar-refractivity contribution in [2.24, 2.45) is 7.05 Å². The molecule has 0 bridgehead atoms. The van der Waals surface area contributed by atoms with Gasteiger partial charge < -0.3 is 28.8 Å². The average molecular weight is 438 g/mol. The van der Waals surface area contributed by atoms with Crippen molar-refractivity contribution in [3.63, 3.8) is 0 Å². The van der Waals surface area contributed by atoms with E-state index in [9.17, 15) is 4.79 Å². The lowest BCUT2D eigenvalue weighted by atomic mass is 9.89. The van der Waals surface area contributed by atoms with E-state index >= 15 is 0 Å².